The van der Waals surface area contributed by atoms with Crippen LogP contribution in [0.5, 0.6) is 11.5 Å². The average Bonchev–Trinajstić information content (AvgIpc) is 1.60. The number of para-hydroxylation sites is 1. The number of phenolic OH excluding ortho intramolecular Hbond substituents is 2. The van der Waals surface area contributed by atoms with E-state index in [9.17, 15) is 43.8 Å². The van der Waals surface area contributed by atoms with E-state index in [0.717, 1.165) is 32.0 Å². The topological polar surface area (TPSA) is 453 Å². The molecule has 12 amide bonds. The standard InChI is InChI=1S/C100H121N13O19S/c1-10-11-31-84-99(130)109(5)56-74(117)52-71(58-132-61-114)88(119)54-76(62(2)3)96(127)112(8)85(50-65-25-17-13-18-26-65)95(126)107-81(49-69-38-42-73(116)43-39-69)97(128)110(6)57-90(121)103-80(53-70-55-102-77-30-22-21-29-75(70)77)94(125)106-78(47-68-36-40-72(115)41-37-68)92(123)105-79(46-67-34-32-63(4)33-35-67)93(124)108-83(87(118)44-45-89(101)120)59-133-60-91(122)104-82(48-64-23-15-12-16-24-64)98(129)113(9)86(100(131)111(84)7)51-66-27-19-14-20-28-66/h12-30,32-43,55,61-62,71,76,78-86,102,115-116H,10-11,31,44-54,56-60H2,1-9H3,(H2,101,120)(H,103,121)(H,104,122)(H,105,123)(H,106,125)(H,107,126)(H,108,124)/t71-,76-,78-,79-,80-,81-,82-,83-,84-,85-,86-/m0/s1. The van der Waals surface area contributed by atoms with Crippen LogP contribution in [0.3, 0.4) is 0 Å². The molecule has 9 rings (SSSR count). The number of rotatable bonds is 25. The zero-order valence-electron chi connectivity index (χ0n) is 76.5. The molecular formula is C100H121N13O19S. The number of aryl methyl sites for hydroxylation is 1. The van der Waals surface area contributed by atoms with Gasteiger partial charge in [-0.2, -0.15) is 0 Å². The lowest BCUT2D eigenvalue weighted by Crippen LogP contribution is -2.59. The number of thioether (sulfide) groups is 1. The molecule has 0 radical (unpaired) electrons. The van der Waals surface area contributed by atoms with Gasteiger partial charge in [-0.25, -0.2) is 0 Å². The quantitative estimate of drug-likeness (QED) is 0.0296. The smallest absolute Gasteiger partial charge is 0.293 e. The number of nitrogens with zero attached hydrogens (tertiary/aromatic N) is 5. The highest BCUT2D eigenvalue weighted by Gasteiger charge is 2.42. The number of amides is 12. The molecule has 1 aliphatic rings. The van der Waals surface area contributed by atoms with Gasteiger partial charge in [-0.3, -0.25) is 76.7 Å². The summed E-state index contributed by atoms with van der Waals surface area (Å²) in [6.45, 7) is 5.17. The maximum Gasteiger partial charge on any atom is 0.293 e. The predicted molar refractivity (Wildman–Crippen MR) is 501 cm³/mol. The third kappa shape index (κ3) is 30.9. The van der Waals surface area contributed by atoms with E-state index in [1.807, 2.05) is 13.8 Å². The monoisotopic (exact) mass is 1840 g/mol. The first-order chi connectivity index (χ1) is 63.6. The second-order valence-electron chi connectivity index (χ2n) is 34.3. The number of hydrogen-bond donors (Lipinski definition) is 10. The number of carbonyl (C=O) groups is 16. The molecule has 1 saturated heterocycles. The molecule has 8 aromatic rings. The van der Waals surface area contributed by atoms with Crippen molar-refractivity contribution in [3.63, 3.8) is 0 Å². The van der Waals surface area contributed by atoms with Gasteiger partial charge < -0.3 is 82.1 Å². The Morgan fingerprint density at radius 1 is 0.481 bits per heavy atom. The highest BCUT2D eigenvalue weighted by molar-refractivity contribution is 8.00. The van der Waals surface area contributed by atoms with Gasteiger partial charge in [0.2, 0.25) is 70.9 Å². The Hall–Kier alpha value is -13.9. The summed E-state index contributed by atoms with van der Waals surface area (Å²) in [5.74, 6) is -16.2. The lowest BCUT2D eigenvalue weighted by atomic mass is 9.84. The fourth-order valence-corrected chi connectivity index (χ4v) is 16.9. The molecular weight excluding hydrogens is 1720 g/mol. The SMILES string of the molecule is CCCC[C@H]1C(=O)N(C)CC(=O)C[C@@H](COC=O)C(=O)C[C@@H](C(C)C)C(=O)N(C)[C@@H](Cc2ccccc2)C(=O)N[C@@H](Cc2ccc(O)cc2)C(=O)N(C)CC(=O)N[C@@H](Cc2c[nH]c3ccccc23)C(=O)N[C@@H](Cc2ccc(O)cc2)C(=O)N[C@@H](Cc2ccc(C)cc2)C(=O)N[C@H](C(=O)CCC(N)=O)CSCC(=O)N[C@@H](Cc2ccccc2)C(=O)N(C)[C@@H](Cc2ccccc2)C(=O)N1C. The van der Waals surface area contributed by atoms with Crippen molar-refractivity contribution in [2.45, 2.75) is 172 Å². The van der Waals surface area contributed by atoms with Crippen LogP contribution in [-0.4, -0.2) is 255 Å². The first-order valence-electron chi connectivity index (χ1n) is 44.4. The number of fused-ring (bicyclic) bond motifs is 1. The number of carbonyl (C=O) groups excluding carboxylic acids is 16. The summed E-state index contributed by atoms with van der Waals surface area (Å²) in [7, 11) is 6.81. The summed E-state index contributed by atoms with van der Waals surface area (Å²) in [5, 5.41) is 38.4. The minimum Gasteiger partial charge on any atom is -0.508 e. The van der Waals surface area contributed by atoms with Crippen molar-refractivity contribution in [1.82, 2.24) is 61.4 Å². The summed E-state index contributed by atoms with van der Waals surface area (Å²) >= 11 is 0.873. The second kappa shape index (κ2) is 50.5. The van der Waals surface area contributed by atoms with Crippen LogP contribution in [0.2, 0.25) is 0 Å². The summed E-state index contributed by atoms with van der Waals surface area (Å²) in [6, 6.07) is 38.5. The Morgan fingerprint density at radius 3 is 1.48 bits per heavy atom. The summed E-state index contributed by atoms with van der Waals surface area (Å²) in [5.41, 5.74) is 10.7. The number of unbranched alkanes of at least 4 members (excludes halogenated alkanes) is 1. The van der Waals surface area contributed by atoms with Crippen molar-refractivity contribution in [1.29, 1.82) is 0 Å². The predicted octanol–water partition coefficient (Wildman–Crippen LogP) is 5.94. The van der Waals surface area contributed by atoms with Crippen molar-refractivity contribution in [3.8, 4) is 11.5 Å². The van der Waals surface area contributed by atoms with Crippen LogP contribution in [0.4, 0.5) is 0 Å². The summed E-state index contributed by atoms with van der Waals surface area (Å²) in [4.78, 5) is 246. The molecule has 1 aromatic heterocycles. The van der Waals surface area contributed by atoms with Gasteiger partial charge in [-0.1, -0.05) is 197 Å². The molecule has 0 spiro atoms. The number of aromatic nitrogens is 1. The van der Waals surface area contributed by atoms with E-state index in [0.29, 0.717) is 62.7 Å². The van der Waals surface area contributed by atoms with E-state index in [1.54, 1.807) is 160 Å². The third-order valence-electron chi connectivity index (χ3n) is 23.8. The van der Waals surface area contributed by atoms with Crippen LogP contribution in [0.25, 0.3) is 10.9 Å². The van der Waals surface area contributed by atoms with Gasteiger partial charge >= 0.3 is 0 Å². The van der Waals surface area contributed by atoms with Gasteiger partial charge in [0.15, 0.2) is 11.6 Å². The normalized spacial score (nSPS) is 21.7. The van der Waals surface area contributed by atoms with E-state index in [2.05, 4.69) is 36.9 Å². The number of Topliss-reactive ketones (excluding diaryl/α,β-unsaturated/α-hetero) is 3. The Balaban J connectivity index is 1.13. The number of aromatic hydroxyl groups is 2. The number of nitrogens with two attached hydrogens (primary N) is 1. The Morgan fingerprint density at radius 2 is 0.940 bits per heavy atom. The molecule has 32 nitrogen and oxygen atoms in total. The highest BCUT2D eigenvalue weighted by Crippen LogP contribution is 2.28. The molecule has 706 valence electrons. The van der Waals surface area contributed by atoms with Gasteiger partial charge in [0.25, 0.3) is 6.47 Å². The van der Waals surface area contributed by atoms with E-state index >= 15 is 43.2 Å². The van der Waals surface area contributed by atoms with Gasteiger partial charge in [-0.15, -0.1) is 11.8 Å². The first kappa shape index (κ1) is 103. The van der Waals surface area contributed by atoms with Gasteiger partial charge in [0.05, 0.1) is 30.8 Å². The molecule has 0 bridgehead atoms. The Labute approximate surface area is 778 Å². The van der Waals surface area contributed by atoms with Crippen LogP contribution >= 0.6 is 11.8 Å². The molecule has 11 N–H and O–H groups in total. The molecule has 11 atom stereocenters. The van der Waals surface area contributed by atoms with Crippen LogP contribution in [0, 0.1) is 24.7 Å². The molecule has 33 heteroatoms. The van der Waals surface area contributed by atoms with E-state index < -0.39 is 211 Å². The number of aromatic amines is 1. The lowest BCUT2D eigenvalue weighted by molar-refractivity contribution is -0.151. The van der Waals surface area contributed by atoms with Crippen LogP contribution < -0.4 is 37.6 Å². The van der Waals surface area contributed by atoms with Crippen LogP contribution in [0.1, 0.15) is 110 Å². The number of primary amides is 1. The van der Waals surface area contributed by atoms with E-state index in [-0.39, 0.29) is 75.1 Å². The van der Waals surface area contributed by atoms with Crippen molar-refractivity contribution >= 4 is 117 Å². The van der Waals surface area contributed by atoms with Crippen molar-refractivity contribution in [2.24, 2.45) is 23.5 Å². The molecule has 0 saturated carbocycles. The average molecular weight is 1840 g/mol. The zero-order chi connectivity index (χ0) is 96.5. The van der Waals surface area contributed by atoms with Crippen molar-refractivity contribution in [2.75, 3.05) is 66.4 Å². The van der Waals surface area contributed by atoms with Gasteiger partial charge in [0.1, 0.15) is 72.2 Å². The number of nitrogens with one attached hydrogen (secondary N) is 7. The number of likely N-dealkylation sites (N-methyl/N-ethyl adjacent to an activating group) is 5. The number of benzene rings is 7. The van der Waals surface area contributed by atoms with Crippen molar-refractivity contribution < 1.29 is 91.7 Å². The third-order valence-corrected chi connectivity index (χ3v) is 24.8. The fraction of sp³-hybridized carbons (Fsp3) is 0.400. The second-order valence-corrected chi connectivity index (χ2v) is 35.3. The number of phenols is 2. The molecule has 7 aromatic carbocycles. The van der Waals surface area contributed by atoms with Gasteiger partial charge in [0, 0.05) is 135 Å². The Kier molecular flexibility index (Phi) is 39.1. The maximum absolute atomic E-state index is 15.6. The number of hydrogen-bond acceptors (Lipinski definition) is 20. The lowest BCUT2D eigenvalue weighted by Gasteiger charge is -2.37. The van der Waals surface area contributed by atoms with Crippen molar-refractivity contribution in [3.05, 3.63) is 239 Å². The Bertz CT molecular complexity index is 5360. The first-order valence-corrected chi connectivity index (χ1v) is 45.6. The fourth-order valence-electron chi connectivity index (χ4n) is 16.0. The molecule has 2 heterocycles. The zero-order valence-corrected chi connectivity index (χ0v) is 77.3. The molecule has 133 heavy (non-hydrogen) atoms. The molecule has 0 unspecified atom stereocenters. The van der Waals surface area contributed by atoms with Crippen LogP contribution in [0.15, 0.2) is 194 Å². The maximum atomic E-state index is 15.6. The highest BCUT2D eigenvalue weighted by atomic mass is 32.2. The number of H-pyrrole nitrogens is 1. The van der Waals surface area contributed by atoms with Gasteiger partial charge in [-0.05, 0) is 88.5 Å². The van der Waals surface area contributed by atoms with E-state index in [1.165, 1.54) is 93.6 Å². The van der Waals surface area contributed by atoms with E-state index in [4.69, 9.17) is 10.5 Å². The molecule has 0 aliphatic carbocycles. The van der Waals surface area contributed by atoms with Crippen LogP contribution in [-0.2, 0) is 126 Å². The number of ketones is 3. The minimum absolute atomic E-state index is 0.0817. The minimum atomic E-state index is -1.62. The number of ether oxygens (including phenoxy) is 1. The largest absolute Gasteiger partial charge is 0.508 e. The molecule has 1 fully saturated rings. The summed E-state index contributed by atoms with van der Waals surface area (Å²) < 4.78 is 5.16. The summed E-state index contributed by atoms with van der Waals surface area (Å²) in [6.07, 6.45) is -0.792. The molecule has 1 aliphatic heterocycles.